The van der Waals surface area contributed by atoms with Gasteiger partial charge in [0.05, 0.1) is 11.3 Å². The second-order valence-corrected chi connectivity index (χ2v) is 3.93. The summed E-state index contributed by atoms with van der Waals surface area (Å²) in [4.78, 5) is 18.9. The van der Waals surface area contributed by atoms with Crippen molar-refractivity contribution in [1.29, 1.82) is 0 Å². The summed E-state index contributed by atoms with van der Waals surface area (Å²) in [6, 6.07) is 6.98. The Balaban J connectivity index is 2.48. The zero-order chi connectivity index (χ0) is 11.5. The SMILES string of the molecule is O=C(O)c1cncc(-c2cccc(Br)n2)c1. The van der Waals surface area contributed by atoms with Gasteiger partial charge in [0, 0.05) is 18.0 Å². The van der Waals surface area contributed by atoms with Crippen molar-refractivity contribution in [2.45, 2.75) is 0 Å². The summed E-state index contributed by atoms with van der Waals surface area (Å²) in [5.74, 6) is -0.996. The topological polar surface area (TPSA) is 63.1 Å². The van der Waals surface area contributed by atoms with E-state index in [1.54, 1.807) is 24.4 Å². The molecule has 0 fully saturated rings. The summed E-state index contributed by atoms with van der Waals surface area (Å²) in [6.07, 6.45) is 2.89. The Morgan fingerprint density at radius 1 is 1.31 bits per heavy atom. The molecule has 0 radical (unpaired) electrons. The van der Waals surface area contributed by atoms with Gasteiger partial charge >= 0.3 is 5.97 Å². The molecule has 5 heteroatoms. The van der Waals surface area contributed by atoms with Gasteiger partial charge in [-0.25, -0.2) is 9.78 Å². The molecule has 80 valence electrons. The quantitative estimate of drug-likeness (QED) is 0.858. The Bertz CT molecular complexity index is 543. The molecule has 0 aliphatic heterocycles. The molecule has 0 aromatic carbocycles. The van der Waals surface area contributed by atoms with E-state index < -0.39 is 5.97 Å². The molecule has 0 amide bonds. The lowest BCUT2D eigenvalue weighted by Crippen LogP contribution is -1.97. The normalized spacial score (nSPS) is 10.1. The van der Waals surface area contributed by atoms with Crippen LogP contribution in [-0.4, -0.2) is 21.0 Å². The Kier molecular flexibility index (Phi) is 2.96. The molecule has 2 aromatic rings. The predicted octanol–water partition coefficient (Wildman–Crippen LogP) is 2.60. The molecule has 2 aromatic heterocycles. The first-order valence-electron chi connectivity index (χ1n) is 4.48. The summed E-state index contributed by atoms with van der Waals surface area (Å²) >= 11 is 3.26. The summed E-state index contributed by atoms with van der Waals surface area (Å²) in [5.41, 5.74) is 1.52. The number of rotatable bonds is 2. The van der Waals surface area contributed by atoms with Gasteiger partial charge in [-0.2, -0.15) is 0 Å². The number of halogens is 1. The molecule has 2 rings (SSSR count). The van der Waals surface area contributed by atoms with Crippen molar-refractivity contribution in [2.24, 2.45) is 0 Å². The number of carboxylic acid groups (broad SMARTS) is 1. The van der Waals surface area contributed by atoms with Crippen LogP contribution in [0.15, 0.2) is 41.3 Å². The number of carboxylic acids is 1. The van der Waals surface area contributed by atoms with Crippen LogP contribution in [0, 0.1) is 0 Å². The smallest absolute Gasteiger partial charge is 0.337 e. The van der Waals surface area contributed by atoms with Crippen molar-refractivity contribution in [3.63, 3.8) is 0 Å². The third-order valence-corrected chi connectivity index (χ3v) is 2.44. The van der Waals surface area contributed by atoms with Gasteiger partial charge in [0.15, 0.2) is 0 Å². The van der Waals surface area contributed by atoms with E-state index in [0.29, 0.717) is 15.9 Å². The number of nitrogens with zero attached hydrogens (tertiary/aromatic N) is 2. The average molecular weight is 279 g/mol. The predicted molar refractivity (Wildman–Crippen MR) is 62.1 cm³/mol. The fourth-order valence-electron chi connectivity index (χ4n) is 1.27. The average Bonchev–Trinajstić information content (AvgIpc) is 2.29. The van der Waals surface area contributed by atoms with E-state index in [0.717, 1.165) is 0 Å². The van der Waals surface area contributed by atoms with Crippen molar-refractivity contribution in [3.05, 3.63) is 46.8 Å². The minimum atomic E-state index is -0.996. The van der Waals surface area contributed by atoms with Crippen LogP contribution < -0.4 is 0 Å². The number of hydrogen-bond donors (Lipinski definition) is 1. The van der Waals surface area contributed by atoms with Crippen LogP contribution in [0.1, 0.15) is 10.4 Å². The summed E-state index contributed by atoms with van der Waals surface area (Å²) in [7, 11) is 0. The zero-order valence-corrected chi connectivity index (χ0v) is 9.68. The van der Waals surface area contributed by atoms with Gasteiger partial charge in [-0.1, -0.05) is 6.07 Å². The minimum absolute atomic E-state index is 0.152. The maximum Gasteiger partial charge on any atom is 0.337 e. The third-order valence-electron chi connectivity index (χ3n) is 2.00. The van der Waals surface area contributed by atoms with Gasteiger partial charge in [0.2, 0.25) is 0 Å². The van der Waals surface area contributed by atoms with E-state index in [1.165, 1.54) is 6.20 Å². The molecular formula is C11H7BrN2O2. The maximum atomic E-state index is 10.8. The molecule has 16 heavy (non-hydrogen) atoms. The second kappa shape index (κ2) is 4.40. The maximum absolute atomic E-state index is 10.8. The van der Waals surface area contributed by atoms with E-state index in [9.17, 15) is 4.79 Å². The molecule has 0 aliphatic carbocycles. The number of aromatic carboxylic acids is 1. The van der Waals surface area contributed by atoms with Gasteiger partial charge < -0.3 is 5.11 Å². The molecule has 0 aliphatic rings. The molecule has 0 saturated heterocycles. The summed E-state index contributed by atoms with van der Waals surface area (Å²) in [5, 5.41) is 8.84. The second-order valence-electron chi connectivity index (χ2n) is 3.11. The number of aromatic nitrogens is 2. The van der Waals surface area contributed by atoms with E-state index in [4.69, 9.17) is 5.11 Å². The fourth-order valence-corrected chi connectivity index (χ4v) is 1.61. The van der Waals surface area contributed by atoms with Crippen LogP contribution >= 0.6 is 15.9 Å². The van der Waals surface area contributed by atoms with E-state index in [2.05, 4.69) is 25.9 Å². The van der Waals surface area contributed by atoms with Gasteiger partial charge in [0.1, 0.15) is 4.60 Å². The fraction of sp³-hybridized carbons (Fsp3) is 0. The van der Waals surface area contributed by atoms with Gasteiger partial charge in [0.25, 0.3) is 0 Å². The van der Waals surface area contributed by atoms with Crippen LogP contribution in [0.4, 0.5) is 0 Å². The van der Waals surface area contributed by atoms with Gasteiger partial charge in [-0.3, -0.25) is 4.98 Å². The highest BCUT2D eigenvalue weighted by Crippen LogP contribution is 2.19. The van der Waals surface area contributed by atoms with Crippen molar-refractivity contribution in [2.75, 3.05) is 0 Å². The minimum Gasteiger partial charge on any atom is -0.478 e. The van der Waals surface area contributed by atoms with E-state index >= 15 is 0 Å². The highest BCUT2D eigenvalue weighted by atomic mass is 79.9. The number of carbonyl (C=O) groups is 1. The van der Waals surface area contributed by atoms with E-state index in [1.807, 2.05) is 6.07 Å². The van der Waals surface area contributed by atoms with Crippen molar-refractivity contribution < 1.29 is 9.90 Å². The first-order chi connectivity index (χ1) is 7.66. The standard InChI is InChI=1S/C11H7BrN2O2/c12-10-3-1-2-9(14-10)7-4-8(11(15)16)6-13-5-7/h1-6H,(H,15,16). The highest BCUT2D eigenvalue weighted by Gasteiger charge is 2.06. The molecule has 0 saturated carbocycles. The zero-order valence-electron chi connectivity index (χ0n) is 8.09. The van der Waals surface area contributed by atoms with Gasteiger partial charge in [-0.15, -0.1) is 0 Å². The molecular weight excluding hydrogens is 272 g/mol. The molecule has 0 bridgehead atoms. The molecule has 1 N–H and O–H groups in total. The Morgan fingerprint density at radius 2 is 2.12 bits per heavy atom. The van der Waals surface area contributed by atoms with Crippen LogP contribution in [0.3, 0.4) is 0 Å². The van der Waals surface area contributed by atoms with Crippen LogP contribution in [0.5, 0.6) is 0 Å². The summed E-state index contributed by atoms with van der Waals surface area (Å²) < 4.78 is 0.700. The van der Waals surface area contributed by atoms with E-state index in [-0.39, 0.29) is 5.56 Å². The monoisotopic (exact) mass is 278 g/mol. The number of pyridine rings is 2. The molecule has 2 heterocycles. The lowest BCUT2D eigenvalue weighted by atomic mass is 10.1. The third kappa shape index (κ3) is 2.25. The molecule has 4 nitrogen and oxygen atoms in total. The first kappa shape index (κ1) is 10.8. The van der Waals surface area contributed by atoms with Gasteiger partial charge in [-0.05, 0) is 34.1 Å². The summed E-state index contributed by atoms with van der Waals surface area (Å²) in [6.45, 7) is 0. The lowest BCUT2D eigenvalue weighted by Gasteiger charge is -2.01. The Labute approximate surface area is 100 Å². The molecule has 0 spiro atoms. The highest BCUT2D eigenvalue weighted by molar-refractivity contribution is 9.10. The van der Waals surface area contributed by atoms with Crippen molar-refractivity contribution >= 4 is 21.9 Å². The van der Waals surface area contributed by atoms with Crippen LogP contribution in [-0.2, 0) is 0 Å². The number of hydrogen-bond acceptors (Lipinski definition) is 3. The Hall–Kier alpha value is -1.75. The van der Waals surface area contributed by atoms with Crippen LogP contribution in [0.2, 0.25) is 0 Å². The molecule has 0 atom stereocenters. The van der Waals surface area contributed by atoms with Crippen molar-refractivity contribution in [1.82, 2.24) is 9.97 Å². The first-order valence-corrected chi connectivity index (χ1v) is 5.27. The molecule has 0 unspecified atom stereocenters. The largest absolute Gasteiger partial charge is 0.478 e. The Morgan fingerprint density at radius 3 is 2.81 bits per heavy atom. The van der Waals surface area contributed by atoms with Crippen LogP contribution in [0.25, 0.3) is 11.3 Å². The van der Waals surface area contributed by atoms with Crippen molar-refractivity contribution in [3.8, 4) is 11.3 Å². The lowest BCUT2D eigenvalue weighted by molar-refractivity contribution is 0.0696.